The van der Waals surface area contributed by atoms with Gasteiger partial charge in [-0.05, 0) is 29.8 Å². The van der Waals surface area contributed by atoms with E-state index in [0.29, 0.717) is 5.56 Å². The van der Waals surface area contributed by atoms with Crippen molar-refractivity contribution >= 4 is 37.5 Å². The number of halogens is 1. The van der Waals surface area contributed by atoms with Gasteiger partial charge in [-0.2, -0.15) is 0 Å². The Morgan fingerprint density at radius 2 is 1.32 bits per heavy atom. The Hall–Kier alpha value is -2.61. The highest BCUT2D eigenvalue weighted by Gasteiger charge is 2.30. The second-order valence-electron chi connectivity index (χ2n) is 6.33. The molecule has 0 aromatic heterocycles. The minimum absolute atomic E-state index is 0.0566. The summed E-state index contributed by atoms with van der Waals surface area (Å²) in [5.41, 5.74) is 1.73. The van der Waals surface area contributed by atoms with Crippen LogP contribution in [0.4, 0.5) is 0 Å². The molecule has 7 heteroatoms. The summed E-state index contributed by atoms with van der Waals surface area (Å²) in [6.45, 7) is 0.0938. The SMILES string of the molecule is O=C1c2ccccc2C(=O)c2cc(S(=O)(=O)NCc3ccccc3Br)ccc21. The van der Waals surface area contributed by atoms with Gasteiger partial charge in [0.25, 0.3) is 0 Å². The predicted octanol–water partition coefficient (Wildman–Crippen LogP) is 3.70. The van der Waals surface area contributed by atoms with Crippen LogP contribution in [0.15, 0.2) is 76.1 Å². The first kappa shape index (κ1) is 18.7. The van der Waals surface area contributed by atoms with Crippen LogP contribution in [0.5, 0.6) is 0 Å². The van der Waals surface area contributed by atoms with Crippen LogP contribution < -0.4 is 4.72 Å². The van der Waals surface area contributed by atoms with Crippen molar-refractivity contribution in [2.45, 2.75) is 11.4 Å². The minimum atomic E-state index is -3.86. The Labute approximate surface area is 170 Å². The number of carbonyl (C=O) groups is 2. The molecule has 0 bridgehead atoms. The fourth-order valence-corrected chi connectivity index (χ4v) is 4.60. The molecule has 1 aliphatic rings. The first-order chi connectivity index (χ1) is 13.4. The summed E-state index contributed by atoms with van der Waals surface area (Å²) in [5, 5.41) is 0. The third kappa shape index (κ3) is 3.22. The van der Waals surface area contributed by atoms with E-state index in [2.05, 4.69) is 20.7 Å². The lowest BCUT2D eigenvalue weighted by atomic mass is 9.84. The molecular formula is C21H14BrNO4S. The van der Waals surface area contributed by atoms with Crippen LogP contribution in [0.1, 0.15) is 37.4 Å². The summed E-state index contributed by atoms with van der Waals surface area (Å²) >= 11 is 3.38. The van der Waals surface area contributed by atoms with Crippen LogP contribution >= 0.6 is 15.9 Å². The van der Waals surface area contributed by atoms with Gasteiger partial charge in [-0.25, -0.2) is 13.1 Å². The molecule has 5 nitrogen and oxygen atoms in total. The van der Waals surface area contributed by atoms with E-state index < -0.39 is 10.0 Å². The van der Waals surface area contributed by atoms with E-state index in [1.54, 1.807) is 30.3 Å². The highest BCUT2D eigenvalue weighted by molar-refractivity contribution is 9.10. The van der Waals surface area contributed by atoms with Crippen LogP contribution in [0, 0.1) is 0 Å². The molecule has 28 heavy (non-hydrogen) atoms. The van der Waals surface area contributed by atoms with E-state index in [4.69, 9.17) is 0 Å². The number of ketones is 2. The van der Waals surface area contributed by atoms with Gasteiger partial charge in [0.05, 0.1) is 4.90 Å². The van der Waals surface area contributed by atoms with Crippen molar-refractivity contribution < 1.29 is 18.0 Å². The van der Waals surface area contributed by atoms with Crippen LogP contribution in [0.3, 0.4) is 0 Å². The molecular weight excluding hydrogens is 442 g/mol. The molecule has 0 heterocycles. The Bertz CT molecular complexity index is 1230. The first-order valence-corrected chi connectivity index (χ1v) is 10.7. The van der Waals surface area contributed by atoms with E-state index in [1.165, 1.54) is 18.2 Å². The van der Waals surface area contributed by atoms with Gasteiger partial charge in [-0.1, -0.05) is 58.4 Å². The van der Waals surface area contributed by atoms with Gasteiger partial charge < -0.3 is 0 Å². The molecule has 0 radical (unpaired) electrons. The predicted molar refractivity (Wildman–Crippen MR) is 108 cm³/mol. The molecule has 0 saturated carbocycles. The maximum Gasteiger partial charge on any atom is 0.240 e. The lowest BCUT2D eigenvalue weighted by Crippen LogP contribution is -2.25. The standard InChI is InChI=1S/C21H14BrNO4S/c22-19-8-4-1-5-13(19)12-23-28(26,27)14-9-10-17-18(11-14)21(25)16-7-3-2-6-15(16)20(17)24/h1-11,23H,12H2. The van der Waals surface area contributed by atoms with Crippen molar-refractivity contribution in [2.24, 2.45) is 0 Å². The molecule has 0 unspecified atom stereocenters. The molecule has 0 amide bonds. The zero-order valence-corrected chi connectivity index (χ0v) is 16.9. The second-order valence-corrected chi connectivity index (χ2v) is 8.95. The van der Waals surface area contributed by atoms with Gasteiger partial charge in [0.2, 0.25) is 10.0 Å². The number of sulfonamides is 1. The van der Waals surface area contributed by atoms with Crippen LogP contribution in [-0.2, 0) is 16.6 Å². The topological polar surface area (TPSA) is 80.3 Å². The van der Waals surface area contributed by atoms with Gasteiger partial charge >= 0.3 is 0 Å². The number of hydrogen-bond donors (Lipinski definition) is 1. The van der Waals surface area contributed by atoms with Crippen molar-refractivity contribution in [3.8, 4) is 0 Å². The molecule has 0 aliphatic heterocycles. The number of fused-ring (bicyclic) bond motifs is 2. The lowest BCUT2D eigenvalue weighted by molar-refractivity contribution is 0.0979. The van der Waals surface area contributed by atoms with E-state index in [-0.39, 0.29) is 39.7 Å². The Balaban J connectivity index is 1.68. The summed E-state index contributed by atoms with van der Waals surface area (Å²) in [4.78, 5) is 25.4. The Morgan fingerprint density at radius 3 is 2.00 bits per heavy atom. The van der Waals surface area contributed by atoms with Crippen LogP contribution in [-0.4, -0.2) is 20.0 Å². The third-order valence-corrected chi connectivity index (χ3v) is 6.79. The summed E-state index contributed by atoms with van der Waals surface area (Å²) in [6, 6.07) is 17.8. The van der Waals surface area contributed by atoms with Crippen molar-refractivity contribution in [2.75, 3.05) is 0 Å². The van der Waals surface area contributed by atoms with Gasteiger partial charge in [0.15, 0.2) is 11.6 Å². The van der Waals surface area contributed by atoms with Crippen LogP contribution in [0.25, 0.3) is 0 Å². The highest BCUT2D eigenvalue weighted by atomic mass is 79.9. The molecule has 0 fully saturated rings. The Morgan fingerprint density at radius 1 is 0.750 bits per heavy atom. The Kier molecular flexibility index (Phi) is 4.74. The van der Waals surface area contributed by atoms with Crippen molar-refractivity contribution in [3.63, 3.8) is 0 Å². The fraction of sp³-hybridized carbons (Fsp3) is 0.0476. The number of hydrogen-bond acceptors (Lipinski definition) is 4. The number of benzene rings is 3. The molecule has 4 rings (SSSR count). The molecule has 1 N–H and O–H groups in total. The molecule has 1 aliphatic carbocycles. The average Bonchev–Trinajstić information content (AvgIpc) is 2.71. The summed E-state index contributed by atoms with van der Waals surface area (Å²) in [7, 11) is -3.86. The van der Waals surface area contributed by atoms with Gasteiger partial charge in [-0.15, -0.1) is 0 Å². The minimum Gasteiger partial charge on any atom is -0.289 e. The number of nitrogens with one attached hydrogen (secondary N) is 1. The summed E-state index contributed by atoms with van der Waals surface area (Å²) in [5.74, 6) is -0.636. The number of carbonyl (C=O) groups excluding carboxylic acids is 2. The number of rotatable bonds is 4. The van der Waals surface area contributed by atoms with Crippen LogP contribution in [0.2, 0.25) is 0 Å². The average molecular weight is 456 g/mol. The zero-order chi connectivity index (χ0) is 19.9. The summed E-state index contributed by atoms with van der Waals surface area (Å²) in [6.07, 6.45) is 0. The van der Waals surface area contributed by atoms with Gasteiger partial charge in [-0.3, -0.25) is 9.59 Å². The molecule has 3 aromatic carbocycles. The normalized spacial score (nSPS) is 13.2. The van der Waals surface area contributed by atoms with E-state index >= 15 is 0 Å². The van der Waals surface area contributed by atoms with Gasteiger partial charge in [0.1, 0.15) is 0 Å². The van der Waals surface area contributed by atoms with Crippen molar-refractivity contribution in [3.05, 3.63) is 99.0 Å². The quantitative estimate of drug-likeness (QED) is 0.508. The maximum absolute atomic E-state index is 12.8. The smallest absolute Gasteiger partial charge is 0.240 e. The van der Waals surface area contributed by atoms with E-state index in [0.717, 1.165) is 10.0 Å². The first-order valence-electron chi connectivity index (χ1n) is 8.44. The lowest BCUT2D eigenvalue weighted by Gasteiger charge is -2.18. The highest BCUT2D eigenvalue weighted by Crippen LogP contribution is 2.29. The van der Waals surface area contributed by atoms with E-state index in [1.807, 2.05) is 18.2 Å². The fourth-order valence-electron chi connectivity index (χ4n) is 3.14. The van der Waals surface area contributed by atoms with Crippen molar-refractivity contribution in [1.29, 1.82) is 0 Å². The third-order valence-electron chi connectivity index (χ3n) is 4.62. The zero-order valence-electron chi connectivity index (χ0n) is 14.5. The monoisotopic (exact) mass is 455 g/mol. The van der Waals surface area contributed by atoms with Crippen molar-refractivity contribution in [1.82, 2.24) is 4.72 Å². The largest absolute Gasteiger partial charge is 0.289 e. The molecule has 3 aromatic rings. The molecule has 140 valence electrons. The molecule has 0 saturated heterocycles. The maximum atomic E-state index is 12.8. The summed E-state index contributed by atoms with van der Waals surface area (Å²) < 4.78 is 28.8. The second kappa shape index (κ2) is 7.09. The van der Waals surface area contributed by atoms with Gasteiger partial charge in [0, 0.05) is 33.3 Å². The molecule has 0 atom stereocenters. The van der Waals surface area contributed by atoms with E-state index in [9.17, 15) is 18.0 Å². The molecule has 0 spiro atoms.